The molecule has 1 aliphatic carbocycles. The van der Waals surface area contributed by atoms with Crippen LogP contribution in [0.1, 0.15) is 34.6 Å². The van der Waals surface area contributed by atoms with E-state index < -0.39 is 5.41 Å². The molecule has 3 aliphatic rings. The number of Topliss-reactive ketones (excluding diaryl/α,β-unsaturated/α-hetero) is 2. The molecule has 0 radical (unpaired) electrons. The molecule has 2 aliphatic heterocycles. The highest BCUT2D eigenvalue weighted by atomic mass is 32.2. The summed E-state index contributed by atoms with van der Waals surface area (Å²) in [7, 11) is 1.56. The molecule has 0 aromatic carbocycles. The van der Waals surface area contributed by atoms with Crippen LogP contribution in [0.4, 0.5) is 0 Å². The van der Waals surface area contributed by atoms with Crippen molar-refractivity contribution in [3.63, 3.8) is 0 Å². The zero-order chi connectivity index (χ0) is 19.9. The number of methoxy groups -OCH3 is 1. The largest absolute Gasteiger partial charge is 0.496 e. The van der Waals surface area contributed by atoms with Crippen molar-refractivity contribution in [2.45, 2.75) is 52.1 Å². The van der Waals surface area contributed by atoms with E-state index in [2.05, 4.69) is 24.3 Å². The van der Waals surface area contributed by atoms with E-state index >= 15 is 0 Å². The van der Waals surface area contributed by atoms with Crippen molar-refractivity contribution < 1.29 is 19.2 Å². The van der Waals surface area contributed by atoms with Gasteiger partial charge in [-0.1, -0.05) is 25.1 Å². The Morgan fingerprint density at radius 3 is 2.67 bits per heavy atom. The minimum absolute atomic E-state index is 0.0584. The van der Waals surface area contributed by atoms with Crippen LogP contribution in [-0.2, 0) is 19.2 Å². The summed E-state index contributed by atoms with van der Waals surface area (Å²) in [5, 5.41) is 7.39. The van der Waals surface area contributed by atoms with Crippen molar-refractivity contribution in [2.75, 3.05) is 12.9 Å². The Morgan fingerprint density at radius 1 is 1.41 bits per heavy atom. The molecule has 27 heavy (non-hydrogen) atoms. The number of piperidine rings is 1. The SMILES string of the molecule is COC1=C2C(=O)C(C)(C(C)=O)C(SCC3=NOC(C)C3C)NC2C(C)C=C1. The summed E-state index contributed by atoms with van der Waals surface area (Å²) in [6.45, 7) is 9.36. The normalized spacial score (nSPS) is 38.4. The fourth-order valence-corrected chi connectivity index (χ4v) is 5.24. The Kier molecular flexibility index (Phi) is 5.54. The summed E-state index contributed by atoms with van der Waals surface area (Å²) in [4.78, 5) is 31.4. The number of ether oxygens (including phenoxy) is 1. The van der Waals surface area contributed by atoms with Crippen molar-refractivity contribution in [1.82, 2.24) is 5.32 Å². The lowest BCUT2D eigenvalue weighted by molar-refractivity contribution is -0.138. The third-order valence-corrected chi connectivity index (χ3v) is 7.54. The number of hydrogen-bond acceptors (Lipinski definition) is 7. The first kappa shape index (κ1) is 20.1. The highest BCUT2D eigenvalue weighted by Gasteiger charge is 2.54. The number of allylic oxidation sites excluding steroid dienone is 1. The second-order valence-electron chi connectivity index (χ2n) is 7.81. The summed E-state index contributed by atoms with van der Waals surface area (Å²) >= 11 is 1.55. The fourth-order valence-electron chi connectivity index (χ4n) is 3.73. The van der Waals surface area contributed by atoms with Gasteiger partial charge in [-0.3, -0.25) is 14.9 Å². The molecule has 6 nitrogen and oxygen atoms in total. The number of carbonyl (C=O) groups excluding carboxylic acids is 2. The van der Waals surface area contributed by atoms with Crippen molar-refractivity contribution in [2.24, 2.45) is 22.4 Å². The van der Waals surface area contributed by atoms with Gasteiger partial charge in [-0.2, -0.15) is 0 Å². The minimum atomic E-state index is -1.15. The molecular formula is C20H28N2O4S. The molecule has 1 N–H and O–H groups in total. The Balaban J connectivity index is 1.90. The standard InChI is InChI=1S/C20H28N2O4S/c1-10-7-8-15(25-6)16-17(10)21-19(20(5,13(4)23)18(16)24)27-9-14-11(2)12(3)26-22-14/h7-8,10-12,17,19,21H,9H2,1-6H3. The molecule has 6 atom stereocenters. The number of oxime groups is 1. The van der Waals surface area contributed by atoms with Gasteiger partial charge in [-0.15, -0.1) is 11.8 Å². The monoisotopic (exact) mass is 392 g/mol. The zero-order valence-electron chi connectivity index (χ0n) is 16.7. The van der Waals surface area contributed by atoms with Crippen LogP contribution in [0.2, 0.25) is 0 Å². The summed E-state index contributed by atoms with van der Waals surface area (Å²) in [6.07, 6.45) is 3.92. The molecule has 148 valence electrons. The maximum absolute atomic E-state index is 13.5. The fraction of sp³-hybridized carbons (Fsp3) is 0.650. The van der Waals surface area contributed by atoms with E-state index in [0.717, 1.165) is 5.71 Å². The number of ketones is 2. The molecule has 0 aromatic rings. The highest BCUT2D eigenvalue weighted by molar-refractivity contribution is 8.00. The van der Waals surface area contributed by atoms with E-state index in [9.17, 15) is 9.59 Å². The average Bonchev–Trinajstić information content (AvgIpc) is 2.95. The maximum atomic E-state index is 13.5. The van der Waals surface area contributed by atoms with E-state index in [1.807, 2.05) is 19.1 Å². The van der Waals surface area contributed by atoms with Gasteiger partial charge in [0.15, 0.2) is 5.78 Å². The summed E-state index contributed by atoms with van der Waals surface area (Å²) in [6, 6.07) is -0.166. The molecule has 3 rings (SSSR count). The van der Waals surface area contributed by atoms with Gasteiger partial charge in [0, 0.05) is 17.7 Å². The number of nitrogens with one attached hydrogen (secondary N) is 1. The lowest BCUT2D eigenvalue weighted by Gasteiger charge is -2.46. The Hall–Kier alpha value is -1.60. The lowest BCUT2D eigenvalue weighted by Crippen LogP contribution is -2.62. The van der Waals surface area contributed by atoms with Crippen molar-refractivity contribution in [3.8, 4) is 0 Å². The number of carbonyl (C=O) groups is 2. The predicted octanol–water partition coefficient (Wildman–Crippen LogP) is 2.70. The number of nitrogens with zero attached hydrogens (tertiary/aromatic N) is 1. The first-order chi connectivity index (χ1) is 12.7. The Morgan fingerprint density at radius 2 is 2.11 bits per heavy atom. The first-order valence-corrected chi connectivity index (χ1v) is 10.4. The lowest BCUT2D eigenvalue weighted by atomic mass is 9.70. The van der Waals surface area contributed by atoms with Crippen LogP contribution in [0.25, 0.3) is 0 Å². The van der Waals surface area contributed by atoms with Crippen LogP contribution in [0.5, 0.6) is 0 Å². The van der Waals surface area contributed by atoms with Gasteiger partial charge >= 0.3 is 0 Å². The smallest absolute Gasteiger partial charge is 0.179 e. The van der Waals surface area contributed by atoms with Crippen LogP contribution in [0, 0.1) is 17.3 Å². The quantitative estimate of drug-likeness (QED) is 0.725. The molecule has 0 spiro atoms. The minimum Gasteiger partial charge on any atom is -0.496 e. The van der Waals surface area contributed by atoms with Crippen molar-refractivity contribution in [3.05, 3.63) is 23.5 Å². The molecule has 0 aromatic heterocycles. The number of hydrogen-bond donors (Lipinski definition) is 1. The van der Waals surface area contributed by atoms with Gasteiger partial charge in [0.2, 0.25) is 0 Å². The van der Waals surface area contributed by atoms with E-state index in [0.29, 0.717) is 17.1 Å². The van der Waals surface area contributed by atoms with Crippen LogP contribution in [0.15, 0.2) is 28.6 Å². The number of fused-ring (bicyclic) bond motifs is 1. The summed E-state index contributed by atoms with van der Waals surface area (Å²) < 4.78 is 5.43. The van der Waals surface area contributed by atoms with E-state index in [1.165, 1.54) is 6.92 Å². The van der Waals surface area contributed by atoms with Crippen LogP contribution < -0.4 is 5.32 Å². The topological polar surface area (TPSA) is 77.0 Å². The van der Waals surface area contributed by atoms with Gasteiger partial charge in [-0.05, 0) is 32.8 Å². The predicted molar refractivity (Wildman–Crippen MR) is 106 cm³/mol. The summed E-state index contributed by atoms with van der Waals surface area (Å²) in [5.41, 5.74) is 0.383. The van der Waals surface area contributed by atoms with Crippen molar-refractivity contribution >= 4 is 29.0 Å². The molecule has 6 unspecified atom stereocenters. The number of rotatable bonds is 5. The molecule has 0 bridgehead atoms. The van der Waals surface area contributed by atoms with Crippen molar-refractivity contribution in [1.29, 1.82) is 0 Å². The van der Waals surface area contributed by atoms with Crippen LogP contribution >= 0.6 is 11.8 Å². The Labute approximate surface area is 164 Å². The maximum Gasteiger partial charge on any atom is 0.179 e. The van der Waals surface area contributed by atoms with Gasteiger partial charge in [0.1, 0.15) is 23.1 Å². The van der Waals surface area contributed by atoms with E-state index in [1.54, 1.807) is 25.8 Å². The zero-order valence-corrected chi connectivity index (χ0v) is 17.6. The molecule has 0 amide bonds. The molecular weight excluding hydrogens is 364 g/mol. The molecule has 0 saturated carbocycles. The van der Waals surface area contributed by atoms with Crippen LogP contribution in [-0.4, -0.2) is 47.7 Å². The summed E-state index contributed by atoms with van der Waals surface area (Å²) in [5.74, 6) is 1.23. The first-order valence-electron chi connectivity index (χ1n) is 9.34. The number of thioether (sulfide) groups is 1. The highest BCUT2D eigenvalue weighted by Crippen LogP contribution is 2.43. The molecule has 7 heteroatoms. The second kappa shape index (κ2) is 7.43. The van der Waals surface area contributed by atoms with Gasteiger partial charge in [0.25, 0.3) is 0 Å². The van der Waals surface area contributed by atoms with E-state index in [4.69, 9.17) is 9.57 Å². The Bertz CT molecular complexity index is 744. The third kappa shape index (κ3) is 3.25. The average molecular weight is 393 g/mol. The van der Waals surface area contributed by atoms with E-state index in [-0.39, 0.29) is 40.9 Å². The van der Waals surface area contributed by atoms with Gasteiger partial charge in [0.05, 0.1) is 23.8 Å². The van der Waals surface area contributed by atoms with Crippen LogP contribution in [0.3, 0.4) is 0 Å². The third-order valence-electron chi connectivity index (χ3n) is 6.14. The molecule has 1 fully saturated rings. The van der Waals surface area contributed by atoms with Gasteiger partial charge in [-0.25, -0.2) is 0 Å². The molecule has 1 saturated heterocycles. The van der Waals surface area contributed by atoms with Gasteiger partial charge < -0.3 is 9.57 Å². The molecule has 2 heterocycles. The second-order valence-corrected chi connectivity index (χ2v) is 8.90.